The maximum absolute atomic E-state index is 12.4. The van der Waals surface area contributed by atoms with Crippen LogP contribution in [0.4, 0.5) is 0 Å². The number of piperidine rings is 2. The lowest BCUT2D eigenvalue weighted by Crippen LogP contribution is -2.56. The molecule has 2 atom stereocenters. The molecule has 1 saturated carbocycles. The van der Waals surface area contributed by atoms with Crippen molar-refractivity contribution in [3.05, 3.63) is 36.0 Å². The highest BCUT2D eigenvalue weighted by Gasteiger charge is 2.42. The van der Waals surface area contributed by atoms with Gasteiger partial charge in [-0.05, 0) is 44.6 Å². The van der Waals surface area contributed by atoms with Gasteiger partial charge in [0.05, 0.1) is 5.56 Å². The molecule has 2 aliphatic heterocycles. The fourth-order valence-corrected chi connectivity index (χ4v) is 7.10. The van der Waals surface area contributed by atoms with Crippen molar-refractivity contribution in [3.8, 4) is 0 Å². The Balaban J connectivity index is 1.40. The molecule has 5 heteroatoms. The van der Waals surface area contributed by atoms with Gasteiger partial charge in [-0.2, -0.15) is 0 Å². The third-order valence-electron chi connectivity index (χ3n) is 8.58. The van der Waals surface area contributed by atoms with Crippen molar-refractivity contribution in [2.45, 2.75) is 114 Å². The van der Waals surface area contributed by atoms with E-state index in [4.69, 9.17) is 0 Å². The van der Waals surface area contributed by atoms with Crippen LogP contribution >= 0.6 is 0 Å². The van der Waals surface area contributed by atoms with E-state index in [0.29, 0.717) is 23.7 Å². The summed E-state index contributed by atoms with van der Waals surface area (Å²) in [6.45, 7) is 0. The Morgan fingerprint density at radius 1 is 0.727 bits per heavy atom. The molecule has 3 heterocycles. The number of nitrogens with zero attached hydrogens (tertiary/aromatic N) is 2. The summed E-state index contributed by atoms with van der Waals surface area (Å²) in [5.41, 5.74) is 1.33. The minimum Gasteiger partial charge on any atom is -0.475 e. The number of ketones is 1. The van der Waals surface area contributed by atoms with Gasteiger partial charge in [0.1, 0.15) is 0 Å². The van der Waals surface area contributed by atoms with Crippen LogP contribution in [0.5, 0.6) is 0 Å². The third-order valence-corrected chi connectivity index (χ3v) is 8.58. The number of carboxylic acid groups (broad SMARTS) is 1. The second-order valence-corrected chi connectivity index (χ2v) is 10.6. The van der Waals surface area contributed by atoms with Gasteiger partial charge < -0.3 is 9.67 Å². The maximum atomic E-state index is 12.4. The molecule has 0 amide bonds. The Bertz CT molecular complexity index is 972. The van der Waals surface area contributed by atoms with Gasteiger partial charge in [-0.1, -0.05) is 69.6 Å². The molecule has 1 aromatic carbocycles. The Labute approximate surface area is 197 Å². The number of carboxylic acids is 1. The van der Waals surface area contributed by atoms with Crippen molar-refractivity contribution in [3.63, 3.8) is 0 Å². The van der Waals surface area contributed by atoms with Crippen LogP contribution in [0, 0.1) is 0 Å². The molecule has 0 radical (unpaired) electrons. The lowest BCUT2D eigenvalue weighted by atomic mass is 9.79. The van der Waals surface area contributed by atoms with Crippen LogP contribution in [-0.2, 0) is 4.79 Å². The van der Waals surface area contributed by atoms with Gasteiger partial charge in [0.25, 0.3) is 5.78 Å². The fraction of sp³-hybridized carbons (Fsp3) is 0.643. The summed E-state index contributed by atoms with van der Waals surface area (Å²) in [5, 5.41) is 10.1. The molecule has 5 nitrogen and oxygen atoms in total. The summed E-state index contributed by atoms with van der Waals surface area (Å²) in [5.74, 6) is -2.18. The average molecular weight is 451 g/mol. The number of aromatic nitrogens is 1. The van der Waals surface area contributed by atoms with Gasteiger partial charge in [-0.25, -0.2) is 4.79 Å². The molecule has 2 saturated heterocycles. The lowest BCUT2D eigenvalue weighted by Gasteiger charge is -2.53. The average Bonchev–Trinajstić information content (AvgIpc) is 3.21. The van der Waals surface area contributed by atoms with Crippen LogP contribution in [0.3, 0.4) is 0 Å². The van der Waals surface area contributed by atoms with Crippen LogP contribution in [-0.4, -0.2) is 44.5 Å². The van der Waals surface area contributed by atoms with E-state index >= 15 is 0 Å². The standard InChI is InChI=1S/C28H38N2O3/c31-27(28(32)33)25-19-29(26-16-9-8-15-24(25)26)23-17-21-13-10-14-22(18-23)30(21)20-11-6-4-2-1-3-5-7-12-20/h8-9,15-16,19-23H,1-7,10-14,17-18H2,(H,32,33). The summed E-state index contributed by atoms with van der Waals surface area (Å²) in [6, 6.07) is 10.1. The number of carbonyl (C=O) groups is 2. The van der Waals surface area contributed by atoms with Crippen molar-refractivity contribution in [1.82, 2.24) is 9.47 Å². The van der Waals surface area contributed by atoms with E-state index in [2.05, 4.69) is 9.47 Å². The minimum absolute atomic E-state index is 0.330. The second-order valence-electron chi connectivity index (χ2n) is 10.6. The zero-order chi connectivity index (χ0) is 22.8. The van der Waals surface area contributed by atoms with Gasteiger partial charge in [-0.15, -0.1) is 0 Å². The number of aliphatic carboxylic acids is 1. The van der Waals surface area contributed by atoms with Crippen molar-refractivity contribution >= 4 is 22.7 Å². The number of carbonyl (C=O) groups excluding carboxylic acids is 1. The Kier molecular flexibility index (Phi) is 6.86. The number of benzene rings is 1. The smallest absolute Gasteiger partial charge is 0.377 e. The number of hydrogen-bond acceptors (Lipinski definition) is 3. The quantitative estimate of drug-likeness (QED) is 0.435. The van der Waals surface area contributed by atoms with Gasteiger partial charge >= 0.3 is 5.97 Å². The molecule has 2 bridgehead atoms. The third kappa shape index (κ3) is 4.62. The first-order chi connectivity index (χ1) is 16.1. The Morgan fingerprint density at radius 2 is 1.30 bits per heavy atom. The topological polar surface area (TPSA) is 62.5 Å². The molecular formula is C28H38N2O3. The first-order valence-corrected chi connectivity index (χ1v) is 13.3. The molecule has 5 rings (SSSR count). The first kappa shape index (κ1) is 22.6. The largest absolute Gasteiger partial charge is 0.475 e. The van der Waals surface area contributed by atoms with Gasteiger partial charge in [0.2, 0.25) is 0 Å². The molecule has 33 heavy (non-hydrogen) atoms. The molecule has 1 aliphatic carbocycles. The predicted octanol–water partition coefficient (Wildman–Crippen LogP) is 6.36. The summed E-state index contributed by atoms with van der Waals surface area (Å²) < 4.78 is 2.24. The van der Waals surface area contributed by atoms with E-state index in [9.17, 15) is 14.7 Å². The zero-order valence-electron chi connectivity index (χ0n) is 19.8. The molecule has 178 valence electrons. The minimum atomic E-state index is -1.37. The van der Waals surface area contributed by atoms with Crippen LogP contribution in [0.15, 0.2) is 30.5 Å². The highest BCUT2D eigenvalue weighted by molar-refractivity contribution is 6.42. The fourth-order valence-electron chi connectivity index (χ4n) is 7.10. The number of Topliss-reactive ketones (excluding diaryl/α,β-unsaturated/α-hetero) is 1. The molecule has 3 aliphatic rings. The van der Waals surface area contributed by atoms with Crippen LogP contribution in [0.2, 0.25) is 0 Å². The molecule has 1 N–H and O–H groups in total. The summed E-state index contributed by atoms with van der Waals surface area (Å²) >= 11 is 0. The van der Waals surface area contributed by atoms with Gasteiger partial charge in [-0.3, -0.25) is 9.69 Å². The highest BCUT2D eigenvalue weighted by Crippen LogP contribution is 2.43. The predicted molar refractivity (Wildman–Crippen MR) is 131 cm³/mol. The number of hydrogen-bond donors (Lipinski definition) is 1. The number of para-hydroxylation sites is 1. The monoisotopic (exact) mass is 450 g/mol. The van der Waals surface area contributed by atoms with E-state index in [1.54, 1.807) is 0 Å². The lowest BCUT2D eigenvalue weighted by molar-refractivity contribution is -0.131. The highest BCUT2D eigenvalue weighted by atomic mass is 16.4. The number of fused-ring (bicyclic) bond motifs is 3. The van der Waals surface area contributed by atoms with Crippen LogP contribution in [0.25, 0.3) is 10.9 Å². The van der Waals surface area contributed by atoms with Crippen molar-refractivity contribution in [2.75, 3.05) is 0 Å². The summed E-state index contributed by atoms with van der Waals surface area (Å²) in [6.07, 6.45) is 20.3. The van der Waals surface area contributed by atoms with Crippen molar-refractivity contribution in [2.24, 2.45) is 0 Å². The molecule has 0 spiro atoms. The first-order valence-electron chi connectivity index (χ1n) is 13.3. The Hall–Kier alpha value is -2.14. The van der Waals surface area contributed by atoms with Crippen molar-refractivity contribution in [1.29, 1.82) is 0 Å². The van der Waals surface area contributed by atoms with Crippen LogP contribution in [0.1, 0.15) is 106 Å². The number of rotatable bonds is 4. The molecule has 1 aromatic heterocycles. The molecule has 2 unspecified atom stereocenters. The SMILES string of the molecule is O=C(O)C(=O)c1cn(C2CC3CCCC(C2)N3C2CCCCCCCCC2)c2ccccc12. The summed E-state index contributed by atoms with van der Waals surface area (Å²) in [4.78, 5) is 26.8. The molecule has 2 aromatic rings. The van der Waals surface area contributed by atoms with Gasteiger partial charge in [0, 0.05) is 41.3 Å². The Morgan fingerprint density at radius 3 is 1.94 bits per heavy atom. The maximum Gasteiger partial charge on any atom is 0.377 e. The second kappa shape index (κ2) is 10.0. The van der Waals surface area contributed by atoms with Crippen LogP contribution < -0.4 is 0 Å². The van der Waals surface area contributed by atoms with E-state index < -0.39 is 11.8 Å². The van der Waals surface area contributed by atoms with E-state index in [1.165, 1.54) is 77.0 Å². The van der Waals surface area contributed by atoms with E-state index in [-0.39, 0.29) is 0 Å². The van der Waals surface area contributed by atoms with E-state index in [1.807, 2.05) is 30.5 Å². The summed E-state index contributed by atoms with van der Waals surface area (Å²) in [7, 11) is 0. The van der Waals surface area contributed by atoms with E-state index in [0.717, 1.165) is 29.8 Å². The zero-order valence-corrected chi connectivity index (χ0v) is 19.8. The van der Waals surface area contributed by atoms with Crippen molar-refractivity contribution < 1.29 is 14.7 Å². The molecule has 3 fully saturated rings. The normalized spacial score (nSPS) is 27.9. The van der Waals surface area contributed by atoms with Gasteiger partial charge in [0.15, 0.2) is 0 Å². The molecular weight excluding hydrogens is 412 g/mol.